The van der Waals surface area contributed by atoms with Crippen molar-refractivity contribution in [3.05, 3.63) is 22.7 Å². The van der Waals surface area contributed by atoms with Gasteiger partial charge in [-0.05, 0) is 0 Å². The van der Waals surface area contributed by atoms with Gasteiger partial charge in [0.2, 0.25) is 0 Å². The molecule has 0 bridgehead atoms. The monoisotopic (exact) mass is 212 g/mol. The summed E-state index contributed by atoms with van der Waals surface area (Å²) < 4.78 is 4.96. The van der Waals surface area contributed by atoms with Crippen molar-refractivity contribution < 1.29 is 4.74 Å². The molecule has 0 aliphatic rings. The van der Waals surface area contributed by atoms with E-state index in [-0.39, 0.29) is 5.56 Å². The lowest BCUT2D eigenvalue weighted by molar-refractivity contribution is 0.205. The van der Waals surface area contributed by atoms with Gasteiger partial charge >= 0.3 is 0 Å². The Kier molecular flexibility index (Phi) is 4.79. The number of nitrogens with one attached hydrogen (secondary N) is 1. The summed E-state index contributed by atoms with van der Waals surface area (Å²) in [6.45, 7) is 2.20. The van der Waals surface area contributed by atoms with E-state index in [1.807, 2.05) is 4.90 Å². The van der Waals surface area contributed by atoms with E-state index in [9.17, 15) is 4.79 Å². The van der Waals surface area contributed by atoms with E-state index in [4.69, 9.17) is 10.5 Å². The number of hydrogen-bond acceptors (Lipinski definition) is 5. The molecular weight excluding hydrogens is 196 g/mol. The minimum atomic E-state index is -0.206. The third kappa shape index (κ3) is 3.34. The van der Waals surface area contributed by atoms with Crippen molar-refractivity contribution in [2.75, 3.05) is 38.3 Å². The lowest BCUT2D eigenvalue weighted by atomic mass is 10.4. The molecule has 0 saturated carbocycles. The van der Waals surface area contributed by atoms with Gasteiger partial charge in [0.15, 0.2) is 5.82 Å². The Hall–Kier alpha value is -1.40. The molecule has 0 aromatic carbocycles. The van der Waals surface area contributed by atoms with E-state index >= 15 is 0 Å². The van der Waals surface area contributed by atoms with Crippen molar-refractivity contribution in [1.29, 1.82) is 0 Å². The Morgan fingerprint density at radius 2 is 2.40 bits per heavy atom. The molecule has 0 radical (unpaired) electrons. The Labute approximate surface area is 88.1 Å². The van der Waals surface area contributed by atoms with Crippen LogP contribution in [-0.2, 0) is 4.74 Å². The molecule has 1 aromatic rings. The van der Waals surface area contributed by atoms with Crippen LogP contribution in [0.4, 0.5) is 5.82 Å². The molecule has 0 amide bonds. The Morgan fingerprint density at radius 3 is 3.00 bits per heavy atom. The van der Waals surface area contributed by atoms with Crippen LogP contribution in [0.2, 0.25) is 0 Å². The number of rotatable bonds is 6. The lowest BCUT2D eigenvalue weighted by Crippen LogP contribution is -2.36. The smallest absolute Gasteiger partial charge is 0.290 e. The summed E-state index contributed by atoms with van der Waals surface area (Å²) in [7, 11) is 1.61. The third-order valence-corrected chi connectivity index (χ3v) is 1.95. The van der Waals surface area contributed by atoms with Gasteiger partial charge in [-0.25, -0.2) is 4.98 Å². The minimum Gasteiger partial charge on any atom is -0.383 e. The standard InChI is InChI=1S/C9H16N4O2/c1-15-7-6-13(5-2-10)8-9(14)12-4-3-11-8/h3-4H,2,5-7,10H2,1H3,(H,12,14). The normalized spacial score (nSPS) is 10.3. The first-order valence-corrected chi connectivity index (χ1v) is 4.77. The largest absolute Gasteiger partial charge is 0.383 e. The molecule has 0 spiro atoms. The van der Waals surface area contributed by atoms with Gasteiger partial charge in [0.1, 0.15) is 0 Å². The quantitative estimate of drug-likeness (QED) is 0.643. The van der Waals surface area contributed by atoms with Crippen LogP contribution in [-0.4, -0.2) is 43.3 Å². The molecule has 3 N–H and O–H groups in total. The summed E-state index contributed by atoms with van der Waals surface area (Å²) in [5.41, 5.74) is 5.26. The summed E-state index contributed by atoms with van der Waals surface area (Å²) in [5, 5.41) is 0. The molecule has 1 heterocycles. The van der Waals surface area contributed by atoms with Crippen molar-refractivity contribution in [2.24, 2.45) is 5.73 Å². The number of hydrogen-bond donors (Lipinski definition) is 2. The predicted octanol–water partition coefficient (Wildman–Crippen LogP) is -0.819. The van der Waals surface area contributed by atoms with Crippen LogP contribution >= 0.6 is 0 Å². The van der Waals surface area contributed by atoms with E-state index in [0.717, 1.165) is 0 Å². The second-order valence-electron chi connectivity index (χ2n) is 3.01. The molecule has 1 aromatic heterocycles. The zero-order valence-corrected chi connectivity index (χ0v) is 8.77. The predicted molar refractivity (Wildman–Crippen MR) is 58.0 cm³/mol. The van der Waals surface area contributed by atoms with Crippen LogP contribution in [0, 0.1) is 0 Å². The first-order chi connectivity index (χ1) is 7.29. The average Bonchev–Trinajstić information content (AvgIpc) is 2.25. The first kappa shape index (κ1) is 11.7. The third-order valence-electron chi connectivity index (χ3n) is 1.95. The molecule has 15 heavy (non-hydrogen) atoms. The van der Waals surface area contributed by atoms with Gasteiger partial charge in [0, 0.05) is 39.1 Å². The summed E-state index contributed by atoms with van der Waals surface area (Å²) in [6, 6.07) is 0. The van der Waals surface area contributed by atoms with E-state index < -0.39 is 0 Å². The average molecular weight is 212 g/mol. The maximum Gasteiger partial charge on any atom is 0.290 e. The lowest BCUT2D eigenvalue weighted by Gasteiger charge is -2.21. The van der Waals surface area contributed by atoms with E-state index in [0.29, 0.717) is 32.1 Å². The fourth-order valence-electron chi connectivity index (χ4n) is 1.25. The van der Waals surface area contributed by atoms with Crippen molar-refractivity contribution in [3.63, 3.8) is 0 Å². The molecule has 0 fully saturated rings. The summed E-state index contributed by atoms with van der Waals surface area (Å²) in [6.07, 6.45) is 3.05. The molecule has 6 nitrogen and oxygen atoms in total. The number of methoxy groups -OCH3 is 1. The van der Waals surface area contributed by atoms with Crippen LogP contribution < -0.4 is 16.2 Å². The Bertz CT molecular complexity index is 339. The van der Waals surface area contributed by atoms with Crippen LogP contribution in [0.5, 0.6) is 0 Å². The number of aromatic amines is 1. The van der Waals surface area contributed by atoms with Crippen LogP contribution in [0.1, 0.15) is 0 Å². The number of aromatic nitrogens is 2. The Morgan fingerprint density at radius 1 is 1.60 bits per heavy atom. The molecule has 0 saturated heterocycles. The van der Waals surface area contributed by atoms with E-state index in [2.05, 4.69) is 9.97 Å². The summed E-state index contributed by atoms with van der Waals surface area (Å²) >= 11 is 0. The van der Waals surface area contributed by atoms with Gasteiger partial charge in [-0.1, -0.05) is 0 Å². The minimum absolute atomic E-state index is 0.206. The number of H-pyrrole nitrogens is 1. The molecule has 0 aliphatic heterocycles. The zero-order valence-electron chi connectivity index (χ0n) is 8.77. The van der Waals surface area contributed by atoms with Gasteiger partial charge in [-0.2, -0.15) is 0 Å². The van der Waals surface area contributed by atoms with Gasteiger partial charge < -0.3 is 20.4 Å². The molecule has 0 aliphatic carbocycles. The van der Waals surface area contributed by atoms with Crippen LogP contribution in [0.3, 0.4) is 0 Å². The second-order valence-corrected chi connectivity index (χ2v) is 3.01. The molecular formula is C9H16N4O2. The van der Waals surface area contributed by atoms with E-state index in [1.165, 1.54) is 6.20 Å². The number of nitrogens with zero attached hydrogens (tertiary/aromatic N) is 2. The van der Waals surface area contributed by atoms with Crippen molar-refractivity contribution >= 4 is 5.82 Å². The van der Waals surface area contributed by atoms with Gasteiger partial charge in [0.25, 0.3) is 5.56 Å². The van der Waals surface area contributed by atoms with E-state index in [1.54, 1.807) is 13.3 Å². The zero-order chi connectivity index (χ0) is 11.1. The van der Waals surface area contributed by atoms with Crippen LogP contribution in [0.15, 0.2) is 17.2 Å². The fourth-order valence-corrected chi connectivity index (χ4v) is 1.25. The number of nitrogens with two attached hydrogens (primary N) is 1. The van der Waals surface area contributed by atoms with Crippen molar-refractivity contribution in [2.45, 2.75) is 0 Å². The van der Waals surface area contributed by atoms with Crippen molar-refractivity contribution in [3.8, 4) is 0 Å². The number of ether oxygens (including phenoxy) is 1. The highest BCUT2D eigenvalue weighted by Gasteiger charge is 2.09. The van der Waals surface area contributed by atoms with Gasteiger partial charge in [0.05, 0.1) is 6.61 Å². The van der Waals surface area contributed by atoms with Crippen molar-refractivity contribution in [1.82, 2.24) is 9.97 Å². The maximum atomic E-state index is 11.5. The summed E-state index contributed by atoms with van der Waals surface area (Å²) in [5.74, 6) is 0.389. The van der Waals surface area contributed by atoms with Gasteiger partial charge in [-0.15, -0.1) is 0 Å². The maximum absolute atomic E-state index is 11.5. The molecule has 1 rings (SSSR count). The topological polar surface area (TPSA) is 84.2 Å². The highest BCUT2D eigenvalue weighted by Crippen LogP contribution is 2.00. The first-order valence-electron chi connectivity index (χ1n) is 4.77. The molecule has 0 atom stereocenters. The SMILES string of the molecule is COCCN(CCN)c1ncc[nH]c1=O. The number of anilines is 1. The Balaban J connectivity index is 2.79. The second kappa shape index (κ2) is 6.15. The molecule has 6 heteroatoms. The van der Waals surface area contributed by atoms with Crippen LogP contribution in [0.25, 0.3) is 0 Å². The summed E-state index contributed by atoms with van der Waals surface area (Å²) in [4.78, 5) is 19.9. The molecule has 0 unspecified atom stereocenters. The fraction of sp³-hybridized carbons (Fsp3) is 0.556. The molecule has 84 valence electrons. The van der Waals surface area contributed by atoms with Gasteiger partial charge in [-0.3, -0.25) is 4.79 Å². The highest BCUT2D eigenvalue weighted by atomic mass is 16.5. The highest BCUT2D eigenvalue weighted by molar-refractivity contribution is 5.34.